The molecule has 304 valence electrons. The molecule has 0 bridgehead atoms. The minimum Gasteiger partial charge on any atom is -0.481 e. The average molecular weight is 770 g/mol. The van der Waals surface area contributed by atoms with E-state index in [2.05, 4.69) is 14.2 Å². The molecule has 0 atom stereocenters. The number of aliphatic carboxylic acids is 4. The molecular weight excluding hydrogens is 718 g/mol. The van der Waals surface area contributed by atoms with Gasteiger partial charge in [0.1, 0.15) is 19.6 Å². The molecule has 0 radical (unpaired) electrons. The van der Waals surface area contributed by atoms with Crippen LogP contribution in [0.2, 0.25) is 0 Å². The highest BCUT2D eigenvalue weighted by Gasteiger charge is 2.13. The van der Waals surface area contributed by atoms with Crippen molar-refractivity contribution in [3.8, 4) is 0 Å². The number of nitrogens with two attached hydrogens (primary N) is 3. The van der Waals surface area contributed by atoms with Crippen LogP contribution in [0.15, 0.2) is 0 Å². The van der Waals surface area contributed by atoms with Crippen molar-refractivity contribution in [3.63, 3.8) is 0 Å². The average Bonchev–Trinajstić information content (AvgIpc) is 3.03. The maximum Gasteiger partial charge on any atom is 0.372 e. The van der Waals surface area contributed by atoms with E-state index in [0.29, 0.717) is 19.8 Å². The molecule has 0 aromatic rings. The molecule has 25 nitrogen and oxygen atoms in total. The number of ether oxygens (including phenoxy) is 3. The molecule has 0 fully saturated rings. The van der Waals surface area contributed by atoms with Gasteiger partial charge < -0.3 is 66.5 Å². The van der Waals surface area contributed by atoms with Crippen LogP contribution in [0.4, 0.5) is 0 Å². The minimum atomic E-state index is -1.58. The zero-order valence-electron chi connectivity index (χ0n) is 30.3. The quantitative estimate of drug-likeness (QED) is 0.0234. The second kappa shape index (κ2) is 33.9. The van der Waals surface area contributed by atoms with E-state index < -0.39 is 61.1 Å². The third kappa shape index (κ3) is 43.4. The van der Waals surface area contributed by atoms with Gasteiger partial charge in [-0.1, -0.05) is 0 Å². The van der Waals surface area contributed by atoms with E-state index in [1.165, 1.54) is 14.7 Å². The van der Waals surface area contributed by atoms with Crippen LogP contribution in [-0.4, -0.2) is 167 Å². The summed E-state index contributed by atoms with van der Waals surface area (Å²) in [5, 5.41) is 52.7. The van der Waals surface area contributed by atoms with Crippen LogP contribution >= 0.6 is 0 Å². The molecule has 0 saturated carbocycles. The summed E-state index contributed by atoms with van der Waals surface area (Å²) in [5.41, 5.74) is 15.2. The fraction of sp³-hybridized carbons (Fsp3) is 0.571. The molecule has 25 heteroatoms. The fourth-order valence-corrected chi connectivity index (χ4v) is 2.11. The molecule has 0 aliphatic heterocycles. The largest absolute Gasteiger partial charge is 0.481 e. The second-order valence-electron chi connectivity index (χ2n) is 9.38. The monoisotopic (exact) mass is 769 g/mol. The van der Waals surface area contributed by atoms with Gasteiger partial charge in [0.25, 0.3) is 0 Å². The molecule has 0 unspecified atom stereocenters. The van der Waals surface area contributed by atoms with E-state index in [4.69, 9.17) is 53.9 Å². The number of ketones is 2. The van der Waals surface area contributed by atoms with Crippen molar-refractivity contribution in [2.75, 3.05) is 60.6 Å². The van der Waals surface area contributed by atoms with Crippen molar-refractivity contribution >= 4 is 71.2 Å². The van der Waals surface area contributed by atoms with Crippen molar-refractivity contribution < 1.29 is 77.8 Å². The number of rotatable bonds is 17. The number of carboxylic acid groups (broad SMARTS) is 4. The van der Waals surface area contributed by atoms with E-state index in [1.54, 1.807) is 41.9 Å². The zero-order chi connectivity index (χ0) is 42.9. The summed E-state index contributed by atoms with van der Waals surface area (Å²) in [5.74, 6) is -9.17. The van der Waals surface area contributed by atoms with Crippen molar-refractivity contribution in [2.45, 2.75) is 46.5 Å². The van der Waals surface area contributed by atoms with Crippen LogP contribution in [0.25, 0.3) is 0 Å². The Hall–Kier alpha value is -6.56. The molecular formula is C28H51N9O16. The highest BCUT2D eigenvalue weighted by Crippen LogP contribution is 1.91. The topological polar surface area (TPSA) is 422 Å². The predicted molar refractivity (Wildman–Crippen MR) is 183 cm³/mol. The summed E-state index contributed by atoms with van der Waals surface area (Å²) in [4.78, 5) is 95.6. The van der Waals surface area contributed by atoms with E-state index in [1.807, 2.05) is 0 Å². The number of Topliss-reactive ketones (excluding diaryl/α,β-unsaturated/α-hetero) is 2. The molecule has 13 N–H and O–H groups in total. The Kier molecular flexibility index (Phi) is 35.7. The molecule has 0 amide bonds. The third-order valence-corrected chi connectivity index (χ3v) is 4.86. The van der Waals surface area contributed by atoms with Crippen molar-refractivity contribution in [2.24, 2.45) is 17.2 Å². The van der Waals surface area contributed by atoms with Crippen LogP contribution in [0.3, 0.4) is 0 Å². The molecule has 0 aliphatic rings. The number of carbonyl (C=O) groups excluding carboxylic acids is 5. The lowest BCUT2D eigenvalue weighted by atomic mass is 10.2. The van der Waals surface area contributed by atoms with Crippen LogP contribution in [0.1, 0.15) is 46.5 Å². The maximum absolute atomic E-state index is 10.7. The van der Waals surface area contributed by atoms with Gasteiger partial charge in [0.2, 0.25) is 11.6 Å². The number of hydrogen-bond acceptors (Lipinski definition) is 15. The Morgan fingerprint density at radius 2 is 0.679 bits per heavy atom. The first-order valence-electron chi connectivity index (χ1n) is 14.9. The van der Waals surface area contributed by atoms with E-state index in [0.717, 1.165) is 0 Å². The number of likely N-dealkylation sites (N-methyl/N-ethyl adjacent to an activating group) is 3. The summed E-state index contributed by atoms with van der Waals surface area (Å²) in [7, 11) is 4.66. The lowest BCUT2D eigenvalue weighted by Gasteiger charge is -2.14. The highest BCUT2D eigenvalue weighted by atomic mass is 16.5. The highest BCUT2D eigenvalue weighted by molar-refractivity contribution is 6.33. The number of guanidine groups is 3. The van der Waals surface area contributed by atoms with Gasteiger partial charge in [0.15, 0.2) is 17.9 Å². The maximum atomic E-state index is 10.7. The van der Waals surface area contributed by atoms with Gasteiger partial charge in [-0.05, 0) is 20.8 Å². The molecule has 0 heterocycles. The number of nitrogens with one attached hydrogen (secondary N) is 3. The molecule has 53 heavy (non-hydrogen) atoms. The molecule has 0 aromatic carbocycles. The SMILES string of the molecule is CCOC(=O)CN(C)C(=N)N.CCOC(=O)CN(C)C(=N)N.CCOC(=O)CN(C)C(=N)N.O=C(O)CCC(=O)C(=O)O.O=C(O)CCC(=O)C(=O)O. The van der Waals surface area contributed by atoms with Gasteiger partial charge in [-0.25, -0.2) is 9.59 Å². The lowest BCUT2D eigenvalue weighted by Crippen LogP contribution is -2.37. The number of carboxylic acids is 4. The van der Waals surface area contributed by atoms with Gasteiger partial charge in [-0.2, -0.15) is 0 Å². The Bertz CT molecular complexity index is 1140. The number of carbonyl (C=O) groups is 9. The summed E-state index contributed by atoms with van der Waals surface area (Å²) in [6.45, 7) is 6.33. The summed E-state index contributed by atoms with van der Waals surface area (Å²) < 4.78 is 13.9. The first kappa shape index (κ1) is 55.8. The van der Waals surface area contributed by atoms with Crippen molar-refractivity contribution in [3.05, 3.63) is 0 Å². The summed E-state index contributed by atoms with van der Waals surface area (Å²) in [6, 6.07) is 0. The van der Waals surface area contributed by atoms with Gasteiger partial charge in [0, 0.05) is 34.0 Å². The van der Waals surface area contributed by atoms with Gasteiger partial charge in [-0.3, -0.25) is 49.8 Å². The van der Waals surface area contributed by atoms with E-state index in [-0.39, 0.29) is 55.4 Å². The van der Waals surface area contributed by atoms with Crippen molar-refractivity contribution in [1.29, 1.82) is 16.2 Å². The zero-order valence-corrected chi connectivity index (χ0v) is 30.3. The number of nitrogens with zero attached hydrogens (tertiary/aromatic N) is 3. The van der Waals surface area contributed by atoms with Crippen LogP contribution in [0.5, 0.6) is 0 Å². The standard InChI is InChI=1S/3C6H13N3O2.2C5H6O5/c3*1-3-11-5(10)4-9(2)6(7)8;2*6-3(5(9)10)1-2-4(7)8/h3*3-4H2,1-2H3,(H3,7,8);2*1-2H2,(H,7,8)(H,9,10). The number of hydrogen-bond donors (Lipinski definition) is 10. The smallest absolute Gasteiger partial charge is 0.372 e. The Balaban J connectivity index is -0.000000181. The van der Waals surface area contributed by atoms with E-state index in [9.17, 15) is 43.2 Å². The van der Waals surface area contributed by atoms with E-state index >= 15 is 0 Å². The molecule has 0 spiro atoms. The van der Waals surface area contributed by atoms with Gasteiger partial charge in [0.05, 0.1) is 32.7 Å². The molecule has 0 saturated heterocycles. The number of esters is 3. The Morgan fingerprint density at radius 1 is 0.472 bits per heavy atom. The first-order valence-corrected chi connectivity index (χ1v) is 14.9. The first-order chi connectivity index (χ1) is 24.3. The Labute approximate surface area is 304 Å². The normalized spacial score (nSPS) is 8.87. The fourth-order valence-electron chi connectivity index (χ4n) is 2.11. The second-order valence-corrected chi connectivity index (χ2v) is 9.38. The minimum absolute atomic E-state index is 0.0309. The third-order valence-electron chi connectivity index (χ3n) is 4.86. The van der Waals surface area contributed by atoms with Gasteiger partial charge >= 0.3 is 41.8 Å². The summed E-state index contributed by atoms with van der Waals surface area (Å²) >= 11 is 0. The molecule has 0 rings (SSSR count). The molecule has 0 aliphatic carbocycles. The molecule has 0 aromatic heterocycles. The van der Waals surface area contributed by atoms with Crippen molar-refractivity contribution in [1.82, 2.24) is 14.7 Å². The summed E-state index contributed by atoms with van der Waals surface area (Å²) in [6.07, 6.45) is -1.73. The van der Waals surface area contributed by atoms with Gasteiger partial charge in [-0.15, -0.1) is 0 Å². The lowest BCUT2D eigenvalue weighted by molar-refractivity contribution is -0.150. The van der Waals surface area contributed by atoms with Crippen LogP contribution < -0.4 is 17.2 Å². The Morgan fingerprint density at radius 3 is 0.811 bits per heavy atom. The van der Waals surface area contributed by atoms with Crippen LogP contribution in [0, 0.1) is 16.2 Å². The predicted octanol–water partition coefficient (Wildman–Crippen LogP) is -2.87. The van der Waals surface area contributed by atoms with Crippen LogP contribution in [-0.2, 0) is 57.4 Å².